The normalized spacial score (nSPS) is 21.6. The Balaban J connectivity index is 1.41. The Kier molecular flexibility index (Phi) is 5.08. The third kappa shape index (κ3) is 3.54. The molecule has 1 unspecified atom stereocenters. The van der Waals surface area contributed by atoms with Gasteiger partial charge in [0.25, 0.3) is 5.91 Å². The Morgan fingerprint density at radius 1 is 1.16 bits per heavy atom. The molecule has 0 bridgehead atoms. The Labute approximate surface area is 182 Å². The van der Waals surface area contributed by atoms with Crippen LogP contribution >= 0.6 is 0 Å². The summed E-state index contributed by atoms with van der Waals surface area (Å²) < 4.78 is 11.4. The highest BCUT2D eigenvalue weighted by Crippen LogP contribution is 2.52. The second-order valence-electron chi connectivity index (χ2n) is 8.73. The van der Waals surface area contributed by atoms with Gasteiger partial charge in [-0.3, -0.25) is 9.59 Å². The second-order valence-corrected chi connectivity index (χ2v) is 8.73. The SMILES string of the molecule is COc1ccccc1C1(C(=O)Nc2ccc3c(c2)C(=O)N2CCCCC2CCO3)CC1. The van der Waals surface area contributed by atoms with Crippen molar-refractivity contribution in [2.45, 2.75) is 50.0 Å². The average molecular weight is 421 g/mol. The lowest BCUT2D eigenvalue weighted by molar-refractivity contribution is -0.118. The molecule has 2 aliphatic heterocycles. The number of anilines is 1. The van der Waals surface area contributed by atoms with Gasteiger partial charge < -0.3 is 19.7 Å². The van der Waals surface area contributed by atoms with Crippen molar-refractivity contribution in [3.63, 3.8) is 0 Å². The number of nitrogens with one attached hydrogen (secondary N) is 1. The number of carbonyl (C=O) groups is 2. The van der Waals surface area contributed by atoms with Crippen molar-refractivity contribution < 1.29 is 19.1 Å². The first-order chi connectivity index (χ1) is 15.1. The number of rotatable bonds is 4. The summed E-state index contributed by atoms with van der Waals surface area (Å²) in [4.78, 5) is 28.6. The molecule has 0 aromatic heterocycles. The van der Waals surface area contributed by atoms with E-state index in [-0.39, 0.29) is 17.9 Å². The van der Waals surface area contributed by atoms with Gasteiger partial charge in [0.15, 0.2) is 0 Å². The lowest BCUT2D eigenvalue weighted by Gasteiger charge is -2.37. The number of nitrogens with zero attached hydrogens (tertiary/aromatic N) is 1. The van der Waals surface area contributed by atoms with Crippen molar-refractivity contribution in [1.82, 2.24) is 4.90 Å². The predicted molar refractivity (Wildman–Crippen MR) is 118 cm³/mol. The molecule has 1 atom stereocenters. The maximum absolute atomic E-state index is 13.3. The molecule has 2 aromatic rings. The summed E-state index contributed by atoms with van der Waals surface area (Å²) in [6, 6.07) is 13.3. The fourth-order valence-electron chi connectivity index (χ4n) is 4.96. The second kappa shape index (κ2) is 7.91. The van der Waals surface area contributed by atoms with Crippen molar-refractivity contribution in [3.05, 3.63) is 53.6 Å². The van der Waals surface area contributed by atoms with Crippen LogP contribution in [0.2, 0.25) is 0 Å². The molecule has 0 radical (unpaired) electrons. The molecule has 6 heteroatoms. The molecule has 2 fully saturated rings. The van der Waals surface area contributed by atoms with Gasteiger partial charge in [0.1, 0.15) is 11.5 Å². The van der Waals surface area contributed by atoms with Gasteiger partial charge in [-0.15, -0.1) is 0 Å². The molecular weight excluding hydrogens is 392 g/mol. The zero-order valence-corrected chi connectivity index (χ0v) is 17.9. The summed E-state index contributed by atoms with van der Waals surface area (Å²) in [6.07, 6.45) is 5.65. The van der Waals surface area contributed by atoms with Crippen LogP contribution in [0.25, 0.3) is 0 Å². The van der Waals surface area contributed by atoms with E-state index in [2.05, 4.69) is 5.32 Å². The van der Waals surface area contributed by atoms with Gasteiger partial charge in [-0.25, -0.2) is 0 Å². The minimum Gasteiger partial charge on any atom is -0.496 e. The van der Waals surface area contributed by atoms with Gasteiger partial charge in [-0.05, 0) is 56.4 Å². The zero-order valence-electron chi connectivity index (χ0n) is 17.9. The molecule has 0 spiro atoms. The number of hydrogen-bond donors (Lipinski definition) is 1. The summed E-state index contributed by atoms with van der Waals surface area (Å²) in [6.45, 7) is 1.39. The fourth-order valence-corrected chi connectivity index (χ4v) is 4.96. The van der Waals surface area contributed by atoms with Gasteiger partial charge in [0.05, 0.1) is 24.7 Å². The molecule has 1 N–H and O–H groups in total. The highest BCUT2D eigenvalue weighted by molar-refractivity contribution is 6.04. The molecule has 5 rings (SSSR count). The smallest absolute Gasteiger partial charge is 0.257 e. The van der Waals surface area contributed by atoms with Crippen LogP contribution in [0.4, 0.5) is 5.69 Å². The van der Waals surface area contributed by atoms with Gasteiger partial charge in [-0.1, -0.05) is 18.2 Å². The molecule has 3 aliphatic rings. The average Bonchev–Trinajstić information content (AvgIpc) is 3.61. The van der Waals surface area contributed by atoms with E-state index in [1.165, 1.54) is 0 Å². The largest absolute Gasteiger partial charge is 0.496 e. The van der Waals surface area contributed by atoms with Crippen molar-refractivity contribution in [2.24, 2.45) is 0 Å². The van der Waals surface area contributed by atoms with Crippen LogP contribution in [0.1, 0.15) is 54.4 Å². The zero-order chi connectivity index (χ0) is 21.4. The molecule has 1 saturated carbocycles. The Morgan fingerprint density at radius 2 is 2.00 bits per heavy atom. The standard InChI is InChI=1S/C25H28N2O4/c1-30-22-8-3-2-7-20(22)25(12-13-25)24(29)26-17-9-10-21-19(16-17)23(28)27-14-5-4-6-18(27)11-15-31-21/h2-3,7-10,16,18H,4-6,11-15H2,1H3,(H,26,29). The Bertz CT molecular complexity index is 1010. The third-order valence-electron chi connectivity index (χ3n) is 6.87. The van der Waals surface area contributed by atoms with Crippen molar-refractivity contribution >= 4 is 17.5 Å². The van der Waals surface area contributed by atoms with Gasteiger partial charge in [-0.2, -0.15) is 0 Å². The fraction of sp³-hybridized carbons (Fsp3) is 0.440. The third-order valence-corrected chi connectivity index (χ3v) is 6.87. The molecule has 2 heterocycles. The van der Waals surface area contributed by atoms with E-state index in [4.69, 9.17) is 9.47 Å². The monoisotopic (exact) mass is 420 g/mol. The molecule has 6 nitrogen and oxygen atoms in total. The van der Waals surface area contributed by atoms with Crippen LogP contribution in [-0.2, 0) is 10.2 Å². The number of ether oxygens (including phenoxy) is 2. The molecule has 1 saturated heterocycles. The Morgan fingerprint density at radius 3 is 2.81 bits per heavy atom. The highest BCUT2D eigenvalue weighted by atomic mass is 16.5. The number of benzene rings is 2. The number of methoxy groups -OCH3 is 1. The molecule has 2 aromatic carbocycles. The minimum atomic E-state index is -0.574. The number of hydrogen-bond acceptors (Lipinski definition) is 4. The first-order valence-corrected chi connectivity index (χ1v) is 11.2. The highest BCUT2D eigenvalue weighted by Gasteiger charge is 2.52. The van der Waals surface area contributed by atoms with E-state index in [0.717, 1.165) is 56.4 Å². The van der Waals surface area contributed by atoms with E-state index in [1.54, 1.807) is 19.2 Å². The minimum absolute atomic E-state index is 0.00126. The Hall–Kier alpha value is -3.02. The maximum atomic E-state index is 13.3. The van der Waals surface area contributed by atoms with E-state index < -0.39 is 5.41 Å². The van der Waals surface area contributed by atoms with Crippen LogP contribution in [-0.4, -0.2) is 43.0 Å². The number of piperidine rings is 1. The first-order valence-electron chi connectivity index (χ1n) is 11.2. The molecule has 162 valence electrons. The van der Waals surface area contributed by atoms with Crippen LogP contribution in [0, 0.1) is 0 Å². The molecule has 1 aliphatic carbocycles. The number of amides is 2. The van der Waals surface area contributed by atoms with E-state index in [0.29, 0.717) is 23.6 Å². The summed E-state index contributed by atoms with van der Waals surface area (Å²) in [5.41, 5.74) is 1.49. The van der Waals surface area contributed by atoms with Crippen molar-refractivity contribution in [2.75, 3.05) is 25.6 Å². The van der Waals surface area contributed by atoms with Crippen LogP contribution in [0.15, 0.2) is 42.5 Å². The lowest BCUT2D eigenvalue weighted by Crippen LogP contribution is -2.45. The summed E-state index contributed by atoms with van der Waals surface area (Å²) in [5, 5.41) is 3.05. The van der Waals surface area contributed by atoms with E-state index in [1.807, 2.05) is 35.2 Å². The van der Waals surface area contributed by atoms with Crippen molar-refractivity contribution in [3.8, 4) is 11.5 Å². The van der Waals surface area contributed by atoms with Crippen LogP contribution in [0.3, 0.4) is 0 Å². The van der Waals surface area contributed by atoms with E-state index in [9.17, 15) is 9.59 Å². The molecule has 31 heavy (non-hydrogen) atoms. The van der Waals surface area contributed by atoms with Gasteiger partial charge >= 0.3 is 0 Å². The topological polar surface area (TPSA) is 67.9 Å². The molecule has 2 amide bonds. The summed E-state index contributed by atoms with van der Waals surface area (Å²) in [5.74, 6) is 1.26. The number of carbonyl (C=O) groups excluding carboxylic acids is 2. The van der Waals surface area contributed by atoms with Gasteiger partial charge in [0.2, 0.25) is 5.91 Å². The maximum Gasteiger partial charge on any atom is 0.257 e. The van der Waals surface area contributed by atoms with Crippen LogP contribution < -0.4 is 14.8 Å². The summed E-state index contributed by atoms with van der Waals surface area (Å²) in [7, 11) is 1.63. The number of fused-ring (bicyclic) bond motifs is 2. The predicted octanol–water partition coefficient (Wildman–Crippen LogP) is 4.14. The first kappa shape index (κ1) is 19.9. The van der Waals surface area contributed by atoms with Gasteiger partial charge in [0, 0.05) is 30.3 Å². The number of para-hydroxylation sites is 1. The lowest BCUT2D eigenvalue weighted by atomic mass is 9.93. The van der Waals surface area contributed by atoms with Crippen molar-refractivity contribution in [1.29, 1.82) is 0 Å². The molecular formula is C25H28N2O4. The summed E-state index contributed by atoms with van der Waals surface area (Å²) >= 11 is 0. The van der Waals surface area contributed by atoms with Crippen LogP contribution in [0.5, 0.6) is 11.5 Å². The quantitative estimate of drug-likeness (QED) is 0.807. The van der Waals surface area contributed by atoms with E-state index >= 15 is 0 Å².